The Morgan fingerprint density at radius 2 is 1.06 bits per heavy atom. The Labute approximate surface area is 97.8 Å². The van der Waals surface area contributed by atoms with E-state index in [0.29, 0.717) is 0 Å². The molecule has 0 bridgehead atoms. The van der Waals surface area contributed by atoms with Crippen LogP contribution in [0.25, 0.3) is 0 Å². The number of nitrogens with zero attached hydrogens (tertiary/aromatic N) is 2. The molecule has 0 spiro atoms. The van der Waals surface area contributed by atoms with E-state index in [1.807, 2.05) is 0 Å². The Morgan fingerprint density at radius 1 is 0.688 bits per heavy atom. The molecule has 0 saturated carbocycles. The molecule has 2 saturated heterocycles. The van der Waals surface area contributed by atoms with Gasteiger partial charge in [-0.15, -0.1) is 0 Å². The third-order valence-corrected chi connectivity index (χ3v) is 3.10. The second-order valence-corrected chi connectivity index (χ2v) is 4.30. The zero-order chi connectivity index (χ0) is 11.1. The first kappa shape index (κ1) is 12.0. The monoisotopic (exact) mass is 226 g/mol. The molecule has 2 fully saturated rings. The topological polar surface area (TPSA) is 24.9 Å². The van der Waals surface area contributed by atoms with E-state index >= 15 is 0 Å². The lowest BCUT2D eigenvalue weighted by molar-refractivity contribution is 0.0417. The minimum Gasteiger partial charge on any atom is -0.379 e. The highest BCUT2D eigenvalue weighted by atomic mass is 16.5. The average Bonchev–Trinajstić information content (AvgIpc) is 2.37. The molecule has 0 amide bonds. The zero-order valence-electron chi connectivity index (χ0n) is 9.94. The first-order valence-electron chi connectivity index (χ1n) is 6.20. The van der Waals surface area contributed by atoms with Gasteiger partial charge in [0.25, 0.3) is 0 Å². The minimum atomic E-state index is 0.886. The summed E-state index contributed by atoms with van der Waals surface area (Å²) in [4.78, 5) is 4.86. The van der Waals surface area contributed by atoms with Crippen molar-refractivity contribution < 1.29 is 9.47 Å². The number of hydrogen-bond acceptors (Lipinski definition) is 4. The van der Waals surface area contributed by atoms with Crippen molar-refractivity contribution in [3.05, 3.63) is 12.2 Å². The summed E-state index contributed by atoms with van der Waals surface area (Å²) < 4.78 is 10.6. The number of hydrogen-bond donors (Lipinski definition) is 0. The molecule has 0 atom stereocenters. The zero-order valence-corrected chi connectivity index (χ0v) is 9.94. The lowest BCUT2D eigenvalue weighted by atomic mass is 10.3. The van der Waals surface area contributed by atoms with E-state index in [0.717, 1.165) is 65.7 Å². The second kappa shape index (κ2) is 7.01. The predicted molar refractivity (Wildman–Crippen MR) is 63.7 cm³/mol. The van der Waals surface area contributed by atoms with Crippen molar-refractivity contribution in [1.82, 2.24) is 9.80 Å². The lowest BCUT2D eigenvalue weighted by Gasteiger charge is -2.26. The van der Waals surface area contributed by atoms with Gasteiger partial charge in [-0.25, -0.2) is 0 Å². The van der Waals surface area contributed by atoms with E-state index in [2.05, 4.69) is 22.0 Å². The fourth-order valence-electron chi connectivity index (χ4n) is 2.01. The van der Waals surface area contributed by atoms with Gasteiger partial charge in [-0.3, -0.25) is 9.80 Å². The highest BCUT2D eigenvalue weighted by molar-refractivity contribution is 4.88. The first-order valence-corrected chi connectivity index (χ1v) is 6.20. The van der Waals surface area contributed by atoms with Crippen molar-refractivity contribution in [3.63, 3.8) is 0 Å². The van der Waals surface area contributed by atoms with Gasteiger partial charge in [-0.1, -0.05) is 12.2 Å². The lowest BCUT2D eigenvalue weighted by Crippen LogP contribution is -2.37. The molecule has 2 rings (SSSR count). The fourth-order valence-corrected chi connectivity index (χ4v) is 2.01. The molecule has 0 aliphatic carbocycles. The summed E-state index contributed by atoms with van der Waals surface area (Å²) in [5.74, 6) is 0. The molecular formula is C12H22N2O2. The van der Waals surface area contributed by atoms with E-state index in [-0.39, 0.29) is 0 Å². The molecule has 4 nitrogen and oxygen atoms in total. The van der Waals surface area contributed by atoms with Gasteiger partial charge in [0.1, 0.15) is 0 Å². The highest BCUT2D eigenvalue weighted by Crippen LogP contribution is 1.98. The molecule has 0 aromatic carbocycles. The minimum absolute atomic E-state index is 0.886. The Balaban J connectivity index is 1.57. The predicted octanol–water partition coefficient (Wildman–Crippen LogP) is 0.207. The van der Waals surface area contributed by atoms with Crippen LogP contribution in [0.15, 0.2) is 12.2 Å². The molecule has 16 heavy (non-hydrogen) atoms. The quantitative estimate of drug-likeness (QED) is 0.640. The van der Waals surface area contributed by atoms with Crippen molar-refractivity contribution >= 4 is 0 Å². The van der Waals surface area contributed by atoms with E-state index in [9.17, 15) is 0 Å². The van der Waals surface area contributed by atoms with Crippen LogP contribution in [0.4, 0.5) is 0 Å². The van der Waals surface area contributed by atoms with Crippen LogP contribution in [0.5, 0.6) is 0 Å². The van der Waals surface area contributed by atoms with Crippen LogP contribution < -0.4 is 0 Å². The van der Waals surface area contributed by atoms with Crippen LogP contribution in [0, 0.1) is 0 Å². The molecule has 92 valence electrons. The van der Waals surface area contributed by atoms with Gasteiger partial charge in [0.15, 0.2) is 0 Å². The maximum Gasteiger partial charge on any atom is 0.0594 e. The Kier molecular flexibility index (Phi) is 5.28. The number of ether oxygens (including phenoxy) is 2. The highest BCUT2D eigenvalue weighted by Gasteiger charge is 2.09. The summed E-state index contributed by atoms with van der Waals surface area (Å²) in [7, 11) is 0. The maximum absolute atomic E-state index is 5.31. The summed E-state index contributed by atoms with van der Waals surface area (Å²) in [6.45, 7) is 9.96. The van der Waals surface area contributed by atoms with Crippen molar-refractivity contribution in [2.24, 2.45) is 0 Å². The van der Waals surface area contributed by atoms with Gasteiger partial charge < -0.3 is 9.47 Å². The summed E-state index contributed by atoms with van der Waals surface area (Å²) in [6, 6.07) is 0. The standard InChI is InChI=1S/C12H22N2O2/c1(3-13-5-9-15-10-6-13)2-4-14-7-11-16-12-8-14/h1-2H,3-12H2/b2-1+. The molecule has 2 aliphatic heterocycles. The van der Waals surface area contributed by atoms with Crippen LogP contribution >= 0.6 is 0 Å². The van der Waals surface area contributed by atoms with Crippen molar-refractivity contribution in [1.29, 1.82) is 0 Å². The van der Waals surface area contributed by atoms with E-state index in [1.54, 1.807) is 0 Å². The van der Waals surface area contributed by atoms with Crippen molar-refractivity contribution in [3.8, 4) is 0 Å². The normalized spacial score (nSPS) is 25.2. The van der Waals surface area contributed by atoms with Crippen LogP contribution in [0.2, 0.25) is 0 Å². The summed E-state index contributed by atoms with van der Waals surface area (Å²) in [5.41, 5.74) is 0. The molecule has 0 N–H and O–H groups in total. The van der Waals surface area contributed by atoms with E-state index in [4.69, 9.17) is 9.47 Å². The van der Waals surface area contributed by atoms with Crippen LogP contribution in [0.3, 0.4) is 0 Å². The Morgan fingerprint density at radius 3 is 1.44 bits per heavy atom. The SMILES string of the molecule is C(=C\CN1CCOCC1)/CN1CCOCC1. The molecular weight excluding hydrogens is 204 g/mol. The Hall–Kier alpha value is -0.420. The first-order chi connectivity index (χ1) is 7.95. The third kappa shape index (κ3) is 4.22. The molecule has 2 heterocycles. The van der Waals surface area contributed by atoms with Gasteiger partial charge in [0.05, 0.1) is 26.4 Å². The Bertz CT molecular complexity index is 187. The van der Waals surface area contributed by atoms with Gasteiger partial charge >= 0.3 is 0 Å². The third-order valence-electron chi connectivity index (χ3n) is 3.10. The summed E-state index contributed by atoms with van der Waals surface area (Å²) in [5, 5.41) is 0. The molecule has 0 aromatic heterocycles. The van der Waals surface area contributed by atoms with E-state index in [1.165, 1.54) is 0 Å². The van der Waals surface area contributed by atoms with Crippen LogP contribution in [-0.2, 0) is 9.47 Å². The molecule has 0 radical (unpaired) electrons. The molecule has 0 unspecified atom stereocenters. The molecule has 4 heteroatoms. The van der Waals surface area contributed by atoms with E-state index < -0.39 is 0 Å². The smallest absolute Gasteiger partial charge is 0.0594 e. The van der Waals surface area contributed by atoms with Crippen molar-refractivity contribution in [2.75, 3.05) is 65.7 Å². The maximum atomic E-state index is 5.31. The van der Waals surface area contributed by atoms with Gasteiger partial charge in [-0.2, -0.15) is 0 Å². The number of morpholine rings is 2. The van der Waals surface area contributed by atoms with Crippen LogP contribution in [-0.4, -0.2) is 75.5 Å². The molecule has 2 aliphatic rings. The van der Waals surface area contributed by atoms with Crippen LogP contribution in [0.1, 0.15) is 0 Å². The molecule has 0 aromatic rings. The number of rotatable bonds is 4. The average molecular weight is 226 g/mol. The largest absolute Gasteiger partial charge is 0.379 e. The van der Waals surface area contributed by atoms with Gasteiger partial charge in [0.2, 0.25) is 0 Å². The van der Waals surface area contributed by atoms with Gasteiger partial charge in [0, 0.05) is 39.3 Å². The second-order valence-electron chi connectivity index (χ2n) is 4.30. The van der Waals surface area contributed by atoms with Gasteiger partial charge in [-0.05, 0) is 0 Å². The summed E-state index contributed by atoms with van der Waals surface area (Å²) in [6.07, 6.45) is 4.56. The summed E-state index contributed by atoms with van der Waals surface area (Å²) >= 11 is 0. The fraction of sp³-hybridized carbons (Fsp3) is 0.833. The van der Waals surface area contributed by atoms with Crippen molar-refractivity contribution in [2.45, 2.75) is 0 Å².